The third-order valence-corrected chi connectivity index (χ3v) is 1.90. The van der Waals surface area contributed by atoms with Crippen molar-refractivity contribution in [3.63, 3.8) is 0 Å². The van der Waals surface area contributed by atoms with E-state index in [-0.39, 0.29) is 12.6 Å². The molecule has 0 aromatic rings. The van der Waals surface area contributed by atoms with Crippen LogP contribution >= 0.6 is 0 Å². The van der Waals surface area contributed by atoms with Gasteiger partial charge in [-0.3, -0.25) is 0 Å². The van der Waals surface area contributed by atoms with Gasteiger partial charge in [0.05, 0.1) is 25.2 Å². The number of methoxy groups -OCH3 is 3. The first kappa shape index (κ1) is 14.2. The summed E-state index contributed by atoms with van der Waals surface area (Å²) in [7, 11) is 4.77. The first-order valence-corrected chi connectivity index (χ1v) is 4.57. The molecular weight excluding hydrogens is 200 g/mol. The Kier molecular flexibility index (Phi) is 7.11. The zero-order chi connectivity index (χ0) is 11.7. The summed E-state index contributed by atoms with van der Waals surface area (Å²) in [6.07, 6.45) is 0. The minimum absolute atomic E-state index is 0.234. The lowest BCUT2D eigenvalue weighted by molar-refractivity contribution is -0.0851. The van der Waals surface area contributed by atoms with Crippen LogP contribution in [-0.2, 0) is 18.9 Å². The van der Waals surface area contributed by atoms with Gasteiger partial charge >= 0.3 is 0 Å². The Labute approximate surface area is 90.6 Å². The van der Waals surface area contributed by atoms with Gasteiger partial charge in [-0.25, -0.2) is 0 Å². The maximum atomic E-state index is 8.88. The Morgan fingerprint density at radius 1 is 1.00 bits per heavy atom. The molecule has 0 atom stereocenters. The van der Waals surface area contributed by atoms with E-state index in [4.69, 9.17) is 24.1 Å². The fourth-order valence-electron chi connectivity index (χ4n) is 1.40. The van der Waals surface area contributed by atoms with Crippen molar-refractivity contribution < 1.29 is 24.1 Å². The lowest BCUT2D eigenvalue weighted by atomic mass is 9.92. The number of rotatable bonds is 9. The average Bonchev–Trinajstić information content (AvgIpc) is 2.16. The predicted molar refractivity (Wildman–Crippen MR) is 55.8 cm³/mol. The maximum absolute atomic E-state index is 8.88. The van der Waals surface area contributed by atoms with Gasteiger partial charge in [0.1, 0.15) is 6.61 Å². The normalized spacial score (nSPS) is 11.4. The second-order valence-electron chi connectivity index (χ2n) is 3.48. The highest BCUT2D eigenvalue weighted by Crippen LogP contribution is 2.20. The number of hydrogen-bond donors (Lipinski definition) is 1. The van der Waals surface area contributed by atoms with E-state index < -0.39 is 5.41 Å². The largest absolute Gasteiger partial charge is 0.481 e. The highest BCUT2D eigenvalue weighted by atomic mass is 16.6. The standard InChI is InChI=1S/C10H20O5/c1-9(11)15-8-10(5-12-2,6-13-3)7-14-4/h11H,1,5-8H2,2-4H3. The van der Waals surface area contributed by atoms with Gasteiger partial charge in [-0.05, 0) is 6.58 Å². The maximum Gasteiger partial charge on any atom is 0.269 e. The number of aliphatic hydroxyl groups excluding tert-OH is 1. The van der Waals surface area contributed by atoms with Crippen LogP contribution in [0.5, 0.6) is 0 Å². The molecule has 0 aliphatic carbocycles. The van der Waals surface area contributed by atoms with Crippen LogP contribution in [0.15, 0.2) is 12.5 Å². The summed E-state index contributed by atoms with van der Waals surface area (Å²) in [5.41, 5.74) is -0.427. The molecule has 0 spiro atoms. The molecule has 0 radical (unpaired) electrons. The van der Waals surface area contributed by atoms with Gasteiger partial charge in [-0.2, -0.15) is 0 Å². The quantitative estimate of drug-likeness (QED) is 0.586. The molecule has 0 amide bonds. The lowest BCUT2D eigenvalue weighted by Gasteiger charge is -2.30. The Morgan fingerprint density at radius 2 is 1.40 bits per heavy atom. The molecule has 0 aromatic heterocycles. The van der Waals surface area contributed by atoms with Gasteiger partial charge in [0, 0.05) is 21.3 Å². The lowest BCUT2D eigenvalue weighted by Crippen LogP contribution is -2.40. The molecule has 0 bridgehead atoms. The molecule has 0 aliphatic heterocycles. The molecule has 0 aromatic carbocycles. The second kappa shape index (κ2) is 7.50. The van der Waals surface area contributed by atoms with E-state index in [1.54, 1.807) is 21.3 Å². The molecular formula is C10H20O5. The Bertz CT molecular complexity index is 164. The third-order valence-electron chi connectivity index (χ3n) is 1.90. The van der Waals surface area contributed by atoms with Crippen LogP contribution in [0.2, 0.25) is 0 Å². The minimum atomic E-state index is -0.427. The minimum Gasteiger partial charge on any atom is -0.481 e. The Morgan fingerprint density at radius 3 is 1.67 bits per heavy atom. The predicted octanol–water partition coefficient (Wildman–Crippen LogP) is 0.958. The fourth-order valence-corrected chi connectivity index (χ4v) is 1.40. The molecule has 1 N–H and O–H groups in total. The van der Waals surface area contributed by atoms with Crippen LogP contribution in [0, 0.1) is 5.41 Å². The topological polar surface area (TPSA) is 57.2 Å². The molecule has 0 saturated carbocycles. The van der Waals surface area contributed by atoms with Crippen molar-refractivity contribution in [2.75, 3.05) is 47.8 Å². The zero-order valence-electron chi connectivity index (χ0n) is 9.62. The van der Waals surface area contributed by atoms with E-state index >= 15 is 0 Å². The van der Waals surface area contributed by atoms with E-state index in [0.29, 0.717) is 19.8 Å². The van der Waals surface area contributed by atoms with Gasteiger partial charge in [0.15, 0.2) is 0 Å². The number of ether oxygens (including phenoxy) is 4. The summed E-state index contributed by atoms with van der Waals surface area (Å²) >= 11 is 0. The Balaban J connectivity index is 4.37. The van der Waals surface area contributed by atoms with Crippen molar-refractivity contribution >= 4 is 0 Å². The van der Waals surface area contributed by atoms with E-state index in [2.05, 4.69) is 6.58 Å². The highest BCUT2D eigenvalue weighted by molar-refractivity contribution is 4.80. The SMILES string of the molecule is C=C(O)OCC(COC)(COC)COC. The second-order valence-corrected chi connectivity index (χ2v) is 3.48. The first-order chi connectivity index (χ1) is 7.10. The van der Waals surface area contributed by atoms with Crippen LogP contribution in [0.25, 0.3) is 0 Å². The molecule has 0 fully saturated rings. The molecule has 5 nitrogen and oxygen atoms in total. The van der Waals surface area contributed by atoms with Gasteiger partial charge in [0.25, 0.3) is 5.95 Å². The van der Waals surface area contributed by atoms with E-state index in [9.17, 15) is 0 Å². The fraction of sp³-hybridized carbons (Fsp3) is 0.800. The van der Waals surface area contributed by atoms with E-state index in [0.717, 1.165) is 0 Å². The summed E-state index contributed by atoms with van der Waals surface area (Å²) < 4.78 is 20.3. The van der Waals surface area contributed by atoms with E-state index in [1.165, 1.54) is 0 Å². The summed E-state index contributed by atoms with van der Waals surface area (Å²) in [4.78, 5) is 0. The van der Waals surface area contributed by atoms with E-state index in [1.807, 2.05) is 0 Å². The van der Waals surface area contributed by atoms with Gasteiger partial charge in [-0.1, -0.05) is 0 Å². The van der Waals surface area contributed by atoms with Crippen molar-refractivity contribution in [1.29, 1.82) is 0 Å². The average molecular weight is 220 g/mol. The molecule has 90 valence electrons. The van der Waals surface area contributed by atoms with Crippen LogP contribution in [0.4, 0.5) is 0 Å². The zero-order valence-corrected chi connectivity index (χ0v) is 9.62. The van der Waals surface area contributed by atoms with Crippen LogP contribution in [0.1, 0.15) is 0 Å². The van der Waals surface area contributed by atoms with Gasteiger partial charge in [-0.15, -0.1) is 0 Å². The highest BCUT2D eigenvalue weighted by Gasteiger charge is 2.32. The van der Waals surface area contributed by atoms with Gasteiger partial charge < -0.3 is 24.1 Å². The molecule has 15 heavy (non-hydrogen) atoms. The van der Waals surface area contributed by atoms with Crippen molar-refractivity contribution in [2.24, 2.45) is 5.41 Å². The summed E-state index contributed by atoms with van der Waals surface area (Å²) in [5, 5.41) is 8.88. The van der Waals surface area contributed by atoms with Crippen molar-refractivity contribution in [2.45, 2.75) is 0 Å². The molecule has 5 heteroatoms. The first-order valence-electron chi connectivity index (χ1n) is 4.57. The number of aliphatic hydroxyl groups is 1. The number of hydrogen-bond acceptors (Lipinski definition) is 5. The molecule has 0 saturated heterocycles. The molecule has 0 unspecified atom stereocenters. The molecule has 0 aliphatic rings. The Hall–Kier alpha value is -0.780. The van der Waals surface area contributed by atoms with Crippen LogP contribution in [0.3, 0.4) is 0 Å². The van der Waals surface area contributed by atoms with Gasteiger partial charge in [0.2, 0.25) is 0 Å². The smallest absolute Gasteiger partial charge is 0.269 e. The summed E-state index contributed by atoms with van der Waals surface area (Å²) in [5.74, 6) is -0.317. The van der Waals surface area contributed by atoms with Crippen LogP contribution < -0.4 is 0 Å². The third kappa shape index (κ3) is 5.61. The summed E-state index contributed by atoms with van der Waals surface area (Å²) in [6, 6.07) is 0. The van der Waals surface area contributed by atoms with Crippen molar-refractivity contribution in [3.05, 3.63) is 12.5 Å². The monoisotopic (exact) mass is 220 g/mol. The summed E-state index contributed by atoms with van der Waals surface area (Å²) in [6.45, 7) is 4.74. The molecule has 0 rings (SSSR count). The van der Waals surface area contributed by atoms with Crippen molar-refractivity contribution in [3.8, 4) is 0 Å². The molecule has 0 heterocycles. The van der Waals surface area contributed by atoms with Crippen LogP contribution in [-0.4, -0.2) is 52.9 Å². The van der Waals surface area contributed by atoms with Crippen molar-refractivity contribution in [1.82, 2.24) is 0 Å².